The van der Waals surface area contributed by atoms with Crippen LogP contribution in [0.15, 0.2) is 28.2 Å². The van der Waals surface area contributed by atoms with Gasteiger partial charge in [-0.05, 0) is 45.4 Å². The number of fused-ring (bicyclic) bond motifs is 1. The van der Waals surface area contributed by atoms with Gasteiger partial charge in [0.05, 0.1) is 28.2 Å². The number of carbonyl (C=O) groups excluding carboxylic acids is 1. The maximum Gasteiger partial charge on any atom is 0.262 e. The van der Waals surface area contributed by atoms with Crippen LogP contribution in [0.25, 0.3) is 10.9 Å². The number of amides is 1. The molecule has 0 bridgehead atoms. The van der Waals surface area contributed by atoms with Crippen LogP contribution < -0.4 is 5.56 Å². The van der Waals surface area contributed by atoms with Crippen LogP contribution in [-0.4, -0.2) is 58.6 Å². The standard InChI is InChI=1S/C19H24ClN3O4S2/c1-4-22(14-7-8-29(26,27)11-14)17(24)10-28-19-21-16-9-13(20)5-6-15(16)18(25)23(19)12(2)3/h5-6,9,12,14H,4,7-8,10-11H2,1-3H3/t14-/m0/s1. The molecule has 1 atom stereocenters. The Kier molecular flexibility index (Phi) is 6.60. The Morgan fingerprint density at radius 2 is 2.14 bits per heavy atom. The minimum absolute atomic E-state index is 0.0146. The zero-order chi connectivity index (χ0) is 21.3. The fraction of sp³-hybridized carbons (Fsp3) is 0.526. The van der Waals surface area contributed by atoms with Crippen molar-refractivity contribution in [3.05, 3.63) is 33.6 Å². The molecule has 0 aliphatic carbocycles. The van der Waals surface area contributed by atoms with E-state index < -0.39 is 9.84 Å². The summed E-state index contributed by atoms with van der Waals surface area (Å²) >= 11 is 7.23. The van der Waals surface area contributed by atoms with Crippen molar-refractivity contribution in [2.45, 2.75) is 44.4 Å². The third kappa shape index (κ3) is 4.78. The lowest BCUT2D eigenvalue weighted by Crippen LogP contribution is -2.42. The molecule has 1 aromatic carbocycles. The summed E-state index contributed by atoms with van der Waals surface area (Å²) in [4.78, 5) is 31.9. The lowest BCUT2D eigenvalue weighted by atomic mass is 10.2. The normalized spacial score (nSPS) is 18.4. The third-order valence-electron chi connectivity index (χ3n) is 4.98. The monoisotopic (exact) mass is 457 g/mol. The summed E-state index contributed by atoms with van der Waals surface area (Å²) in [6.07, 6.45) is 0.468. The molecule has 1 fully saturated rings. The highest BCUT2D eigenvalue weighted by atomic mass is 35.5. The van der Waals surface area contributed by atoms with Gasteiger partial charge in [0.25, 0.3) is 5.56 Å². The van der Waals surface area contributed by atoms with E-state index in [0.717, 1.165) is 0 Å². The molecule has 0 N–H and O–H groups in total. The molecule has 29 heavy (non-hydrogen) atoms. The summed E-state index contributed by atoms with van der Waals surface area (Å²) in [7, 11) is -3.07. The van der Waals surface area contributed by atoms with Gasteiger partial charge in [0.2, 0.25) is 5.91 Å². The predicted molar refractivity (Wildman–Crippen MR) is 117 cm³/mol. The van der Waals surface area contributed by atoms with Gasteiger partial charge in [-0.3, -0.25) is 14.2 Å². The minimum Gasteiger partial charge on any atom is -0.338 e. The topological polar surface area (TPSA) is 89.3 Å². The maximum atomic E-state index is 12.9. The zero-order valence-corrected chi connectivity index (χ0v) is 19.0. The Morgan fingerprint density at radius 1 is 1.41 bits per heavy atom. The summed E-state index contributed by atoms with van der Waals surface area (Å²) < 4.78 is 25.1. The van der Waals surface area contributed by atoms with Gasteiger partial charge >= 0.3 is 0 Å². The number of rotatable bonds is 6. The van der Waals surface area contributed by atoms with E-state index in [0.29, 0.717) is 34.0 Å². The van der Waals surface area contributed by atoms with Crippen LogP contribution in [0.1, 0.15) is 33.2 Å². The van der Waals surface area contributed by atoms with Crippen LogP contribution in [0.2, 0.25) is 5.02 Å². The van der Waals surface area contributed by atoms with Gasteiger partial charge < -0.3 is 4.90 Å². The highest BCUT2D eigenvalue weighted by molar-refractivity contribution is 7.99. The highest BCUT2D eigenvalue weighted by Crippen LogP contribution is 2.24. The smallest absolute Gasteiger partial charge is 0.262 e. The largest absolute Gasteiger partial charge is 0.338 e. The molecule has 2 aromatic rings. The van der Waals surface area contributed by atoms with Gasteiger partial charge in [-0.25, -0.2) is 13.4 Å². The van der Waals surface area contributed by atoms with Gasteiger partial charge in [-0.2, -0.15) is 0 Å². The molecule has 0 spiro atoms. The molecule has 1 aromatic heterocycles. The molecule has 1 amide bonds. The van der Waals surface area contributed by atoms with E-state index in [1.54, 1.807) is 27.7 Å². The number of benzene rings is 1. The van der Waals surface area contributed by atoms with Gasteiger partial charge in [-0.15, -0.1) is 0 Å². The second-order valence-electron chi connectivity index (χ2n) is 7.35. The number of thioether (sulfide) groups is 1. The molecule has 2 heterocycles. The summed E-state index contributed by atoms with van der Waals surface area (Å²) in [5.41, 5.74) is 0.314. The van der Waals surface area contributed by atoms with Crippen molar-refractivity contribution in [3.63, 3.8) is 0 Å². The van der Waals surface area contributed by atoms with Gasteiger partial charge in [-0.1, -0.05) is 23.4 Å². The fourth-order valence-electron chi connectivity index (χ4n) is 3.58. The zero-order valence-electron chi connectivity index (χ0n) is 16.6. The van der Waals surface area contributed by atoms with Crippen LogP contribution in [-0.2, 0) is 14.6 Å². The summed E-state index contributed by atoms with van der Waals surface area (Å²) in [6.45, 7) is 6.06. The Balaban J connectivity index is 1.86. The molecule has 158 valence electrons. The summed E-state index contributed by atoms with van der Waals surface area (Å²) in [5, 5.41) is 1.41. The molecular formula is C19H24ClN3O4S2. The Hall–Kier alpha value is -1.58. The highest BCUT2D eigenvalue weighted by Gasteiger charge is 2.34. The van der Waals surface area contributed by atoms with Gasteiger partial charge in [0.1, 0.15) is 0 Å². The average molecular weight is 458 g/mol. The first-order valence-corrected chi connectivity index (χ1v) is 12.7. The van der Waals surface area contributed by atoms with Crippen LogP contribution >= 0.6 is 23.4 Å². The van der Waals surface area contributed by atoms with Crippen molar-refractivity contribution in [2.75, 3.05) is 23.8 Å². The minimum atomic E-state index is -3.07. The SMILES string of the molecule is CCN(C(=O)CSc1nc2cc(Cl)ccc2c(=O)n1C(C)C)[C@H]1CCS(=O)(=O)C1. The van der Waals surface area contributed by atoms with Crippen molar-refractivity contribution in [3.8, 4) is 0 Å². The van der Waals surface area contributed by atoms with Crippen molar-refractivity contribution in [1.29, 1.82) is 0 Å². The van der Waals surface area contributed by atoms with Crippen molar-refractivity contribution in [1.82, 2.24) is 14.5 Å². The predicted octanol–water partition coefficient (Wildman–Crippen LogP) is 2.76. The van der Waals surface area contributed by atoms with E-state index in [9.17, 15) is 18.0 Å². The van der Waals surface area contributed by atoms with Crippen LogP contribution in [0.5, 0.6) is 0 Å². The number of hydrogen-bond acceptors (Lipinski definition) is 6. The van der Waals surface area contributed by atoms with E-state index >= 15 is 0 Å². The van der Waals surface area contributed by atoms with E-state index in [2.05, 4.69) is 4.98 Å². The maximum absolute atomic E-state index is 12.9. The van der Waals surface area contributed by atoms with E-state index in [1.165, 1.54) is 11.8 Å². The number of carbonyl (C=O) groups is 1. The van der Waals surface area contributed by atoms with Gasteiger partial charge in [0.15, 0.2) is 15.0 Å². The second-order valence-corrected chi connectivity index (χ2v) is 11.0. The lowest BCUT2D eigenvalue weighted by Gasteiger charge is -2.27. The number of hydrogen-bond donors (Lipinski definition) is 0. The average Bonchev–Trinajstić information content (AvgIpc) is 2.99. The molecule has 3 rings (SSSR count). The second kappa shape index (κ2) is 8.65. The molecule has 1 aliphatic rings. The third-order valence-corrected chi connectivity index (χ3v) is 7.91. The molecule has 1 saturated heterocycles. The fourth-order valence-corrected chi connectivity index (χ4v) is 6.49. The first-order chi connectivity index (χ1) is 13.6. The molecule has 7 nitrogen and oxygen atoms in total. The molecule has 0 unspecified atom stereocenters. The summed E-state index contributed by atoms with van der Waals surface area (Å²) in [5.74, 6) is 0.0560. The number of nitrogens with zero attached hydrogens (tertiary/aromatic N) is 3. The Bertz CT molecular complexity index is 1100. The van der Waals surface area contributed by atoms with Crippen molar-refractivity contribution in [2.24, 2.45) is 0 Å². The number of aromatic nitrogens is 2. The molecule has 10 heteroatoms. The van der Waals surface area contributed by atoms with Crippen LogP contribution in [0.3, 0.4) is 0 Å². The summed E-state index contributed by atoms with van der Waals surface area (Å²) in [6, 6.07) is 4.54. The van der Waals surface area contributed by atoms with E-state index in [4.69, 9.17) is 11.6 Å². The van der Waals surface area contributed by atoms with Gasteiger partial charge in [0, 0.05) is 23.7 Å². The van der Waals surface area contributed by atoms with Crippen molar-refractivity contribution < 1.29 is 13.2 Å². The first kappa shape index (κ1) is 22.1. The van der Waals surface area contributed by atoms with E-state index in [1.807, 2.05) is 20.8 Å². The van der Waals surface area contributed by atoms with Crippen molar-refractivity contribution >= 4 is 50.0 Å². The quantitative estimate of drug-likeness (QED) is 0.489. The Morgan fingerprint density at radius 3 is 2.72 bits per heavy atom. The number of sulfone groups is 1. The molecule has 0 radical (unpaired) electrons. The Labute approximate surface area is 179 Å². The first-order valence-electron chi connectivity index (χ1n) is 9.47. The molecule has 1 aliphatic heterocycles. The molecule has 0 saturated carbocycles. The van der Waals surface area contributed by atoms with Crippen LogP contribution in [0.4, 0.5) is 0 Å². The van der Waals surface area contributed by atoms with E-state index in [-0.39, 0.29) is 40.8 Å². The lowest BCUT2D eigenvalue weighted by molar-refractivity contribution is -0.129. The molecular weight excluding hydrogens is 434 g/mol. The number of halogens is 1. The van der Waals surface area contributed by atoms with Crippen LogP contribution in [0, 0.1) is 0 Å².